The van der Waals surface area contributed by atoms with Crippen molar-refractivity contribution < 1.29 is 27.4 Å². The van der Waals surface area contributed by atoms with Crippen LogP contribution in [-0.2, 0) is 0 Å². The van der Waals surface area contributed by atoms with Gasteiger partial charge in [-0.15, -0.1) is 13.2 Å². The van der Waals surface area contributed by atoms with Crippen molar-refractivity contribution in [3.63, 3.8) is 0 Å². The maximum Gasteiger partial charge on any atom is 0.573 e. The van der Waals surface area contributed by atoms with Crippen molar-refractivity contribution in [1.82, 2.24) is 10.2 Å². The first kappa shape index (κ1) is 18.5. The normalized spacial score (nSPS) is 17.1. The van der Waals surface area contributed by atoms with Crippen LogP contribution in [0.1, 0.15) is 17.2 Å². The predicted octanol–water partition coefficient (Wildman–Crippen LogP) is 3.42. The summed E-state index contributed by atoms with van der Waals surface area (Å²) in [5, 5.41) is 13.4. The molecule has 2 N–H and O–H groups in total. The molecule has 1 fully saturated rings. The Bertz CT molecular complexity index is 744. The molecule has 26 heavy (non-hydrogen) atoms. The van der Waals surface area contributed by atoms with E-state index in [0.717, 1.165) is 19.2 Å². The van der Waals surface area contributed by atoms with Gasteiger partial charge in [0, 0.05) is 31.7 Å². The van der Waals surface area contributed by atoms with Crippen LogP contribution in [0.5, 0.6) is 11.5 Å². The molecule has 2 aromatic rings. The van der Waals surface area contributed by atoms with Gasteiger partial charge in [0.05, 0.1) is 6.04 Å². The van der Waals surface area contributed by atoms with E-state index in [1.54, 1.807) is 0 Å². The minimum absolute atomic E-state index is 0.0643. The molecule has 0 spiro atoms. The van der Waals surface area contributed by atoms with Crippen LogP contribution < -0.4 is 10.1 Å². The molecule has 0 bridgehead atoms. The lowest BCUT2D eigenvalue weighted by molar-refractivity contribution is -0.274. The number of hydrogen-bond donors (Lipinski definition) is 2. The Morgan fingerprint density at radius 1 is 1.04 bits per heavy atom. The van der Waals surface area contributed by atoms with Gasteiger partial charge in [0.1, 0.15) is 17.3 Å². The number of benzene rings is 2. The van der Waals surface area contributed by atoms with E-state index in [1.807, 2.05) is 4.90 Å². The molecule has 0 unspecified atom stereocenters. The van der Waals surface area contributed by atoms with Gasteiger partial charge in [0.25, 0.3) is 0 Å². The number of ether oxygens (including phenoxy) is 1. The summed E-state index contributed by atoms with van der Waals surface area (Å²) in [7, 11) is 0. The first-order valence-electron chi connectivity index (χ1n) is 8.12. The van der Waals surface area contributed by atoms with Crippen LogP contribution >= 0.6 is 0 Å². The molecule has 0 aliphatic carbocycles. The van der Waals surface area contributed by atoms with Crippen LogP contribution in [0.4, 0.5) is 17.6 Å². The number of nitrogens with zero attached hydrogens (tertiary/aromatic N) is 1. The van der Waals surface area contributed by atoms with Crippen LogP contribution in [0.2, 0.25) is 0 Å². The van der Waals surface area contributed by atoms with Gasteiger partial charge in [-0.1, -0.05) is 12.1 Å². The molecule has 8 heteroatoms. The van der Waals surface area contributed by atoms with Crippen LogP contribution in [0, 0.1) is 5.82 Å². The third-order valence-corrected chi connectivity index (χ3v) is 4.23. The van der Waals surface area contributed by atoms with E-state index < -0.39 is 18.2 Å². The Hall–Kier alpha value is -2.32. The van der Waals surface area contributed by atoms with E-state index >= 15 is 0 Å². The first-order valence-corrected chi connectivity index (χ1v) is 8.12. The van der Waals surface area contributed by atoms with Gasteiger partial charge >= 0.3 is 6.36 Å². The van der Waals surface area contributed by atoms with Crippen molar-refractivity contribution >= 4 is 0 Å². The van der Waals surface area contributed by atoms with Gasteiger partial charge in [-0.3, -0.25) is 4.90 Å². The van der Waals surface area contributed by atoms with E-state index in [1.165, 1.54) is 36.4 Å². The Kier molecular flexibility index (Phi) is 5.33. The molecule has 1 saturated heterocycles. The summed E-state index contributed by atoms with van der Waals surface area (Å²) in [6.07, 6.45) is -4.76. The number of alkyl halides is 3. The molecule has 0 aromatic heterocycles. The molecular weight excluding hydrogens is 352 g/mol. The number of phenols is 1. The zero-order chi connectivity index (χ0) is 18.7. The molecule has 1 heterocycles. The van der Waals surface area contributed by atoms with Gasteiger partial charge in [0.2, 0.25) is 0 Å². The molecule has 1 aliphatic heterocycles. The molecule has 4 nitrogen and oxygen atoms in total. The molecule has 0 saturated carbocycles. The van der Waals surface area contributed by atoms with Crippen LogP contribution in [-0.4, -0.2) is 42.5 Å². The summed E-state index contributed by atoms with van der Waals surface area (Å²) in [6, 6.07) is 8.64. The van der Waals surface area contributed by atoms with Crippen LogP contribution in [0.25, 0.3) is 0 Å². The van der Waals surface area contributed by atoms with Crippen molar-refractivity contribution in [1.29, 1.82) is 0 Å². The summed E-state index contributed by atoms with van der Waals surface area (Å²) >= 11 is 0. The Labute approximate surface area is 148 Å². The van der Waals surface area contributed by atoms with Crippen LogP contribution in [0.15, 0.2) is 42.5 Å². The SMILES string of the molecule is Oc1ccc(F)cc1[C@H](c1ccc(OC(F)(F)F)cc1)N1CCNCC1. The maximum absolute atomic E-state index is 13.8. The minimum Gasteiger partial charge on any atom is -0.508 e. The molecule has 3 rings (SSSR count). The number of aromatic hydroxyl groups is 1. The second kappa shape index (κ2) is 7.51. The topological polar surface area (TPSA) is 44.7 Å². The van der Waals surface area contributed by atoms with Gasteiger partial charge in [-0.05, 0) is 35.9 Å². The van der Waals surface area contributed by atoms with E-state index in [4.69, 9.17) is 0 Å². The Morgan fingerprint density at radius 3 is 2.31 bits per heavy atom. The smallest absolute Gasteiger partial charge is 0.508 e. The average Bonchev–Trinajstić information content (AvgIpc) is 2.59. The largest absolute Gasteiger partial charge is 0.573 e. The molecule has 1 aliphatic rings. The summed E-state index contributed by atoms with van der Waals surface area (Å²) in [5.74, 6) is -0.885. The number of phenolic OH excluding ortho intramolecular Hbond substituents is 1. The second-order valence-electron chi connectivity index (χ2n) is 6.01. The zero-order valence-corrected chi connectivity index (χ0v) is 13.8. The predicted molar refractivity (Wildman–Crippen MR) is 87.5 cm³/mol. The zero-order valence-electron chi connectivity index (χ0n) is 13.8. The summed E-state index contributed by atoms with van der Waals surface area (Å²) in [5.41, 5.74) is 1.01. The van der Waals surface area contributed by atoms with Crippen molar-refractivity contribution in [2.24, 2.45) is 0 Å². The highest BCUT2D eigenvalue weighted by Gasteiger charge is 2.31. The lowest BCUT2D eigenvalue weighted by Gasteiger charge is -2.35. The molecule has 0 amide bonds. The standard InChI is InChI=1S/C18H18F4N2O2/c19-13-3-6-16(25)15(11-13)17(24-9-7-23-8-10-24)12-1-4-14(5-2-12)26-18(20,21)22/h1-6,11,17,23,25H,7-10H2/t17-/m0/s1. The molecule has 140 valence electrons. The van der Waals surface area contributed by atoms with Crippen molar-refractivity contribution in [3.8, 4) is 11.5 Å². The quantitative estimate of drug-likeness (QED) is 0.810. The summed E-state index contributed by atoms with van der Waals surface area (Å²) in [4.78, 5) is 2.05. The van der Waals surface area contributed by atoms with Crippen molar-refractivity contribution in [3.05, 3.63) is 59.4 Å². The van der Waals surface area contributed by atoms with Crippen LogP contribution in [0.3, 0.4) is 0 Å². The van der Waals surface area contributed by atoms with Gasteiger partial charge in [-0.2, -0.15) is 0 Å². The number of rotatable bonds is 4. The third kappa shape index (κ3) is 4.44. The molecule has 2 aromatic carbocycles. The number of nitrogens with one attached hydrogen (secondary N) is 1. The number of halogens is 4. The fourth-order valence-corrected chi connectivity index (χ4v) is 3.12. The fourth-order valence-electron chi connectivity index (χ4n) is 3.12. The first-order chi connectivity index (χ1) is 12.3. The maximum atomic E-state index is 13.8. The lowest BCUT2D eigenvalue weighted by Crippen LogP contribution is -2.45. The monoisotopic (exact) mass is 370 g/mol. The summed E-state index contributed by atoms with van der Waals surface area (Å²) < 4.78 is 54.7. The average molecular weight is 370 g/mol. The molecule has 0 radical (unpaired) electrons. The Balaban J connectivity index is 1.96. The highest BCUT2D eigenvalue weighted by molar-refractivity contribution is 5.42. The highest BCUT2D eigenvalue weighted by atomic mass is 19.4. The summed E-state index contributed by atoms with van der Waals surface area (Å²) in [6.45, 7) is 2.76. The van der Waals surface area contributed by atoms with E-state index in [-0.39, 0.29) is 11.5 Å². The van der Waals surface area contributed by atoms with E-state index in [2.05, 4.69) is 10.1 Å². The van der Waals surface area contributed by atoms with E-state index in [0.29, 0.717) is 24.2 Å². The number of hydrogen-bond acceptors (Lipinski definition) is 4. The van der Waals surface area contributed by atoms with Gasteiger partial charge in [-0.25, -0.2) is 4.39 Å². The van der Waals surface area contributed by atoms with Crippen molar-refractivity contribution in [2.45, 2.75) is 12.4 Å². The third-order valence-electron chi connectivity index (χ3n) is 4.23. The fraction of sp³-hybridized carbons (Fsp3) is 0.333. The highest BCUT2D eigenvalue weighted by Crippen LogP contribution is 2.36. The van der Waals surface area contributed by atoms with Gasteiger partial charge in [0.15, 0.2) is 0 Å². The number of piperazine rings is 1. The second-order valence-corrected chi connectivity index (χ2v) is 6.01. The lowest BCUT2D eigenvalue weighted by atomic mass is 9.95. The molecule has 1 atom stereocenters. The van der Waals surface area contributed by atoms with Crippen molar-refractivity contribution in [2.75, 3.05) is 26.2 Å². The van der Waals surface area contributed by atoms with E-state index in [9.17, 15) is 22.7 Å². The Morgan fingerprint density at radius 2 is 1.69 bits per heavy atom. The van der Waals surface area contributed by atoms with Gasteiger partial charge < -0.3 is 15.2 Å². The molecular formula is C18H18F4N2O2. The minimum atomic E-state index is -4.76.